The van der Waals surface area contributed by atoms with Crippen molar-refractivity contribution in [3.05, 3.63) is 16.1 Å². The number of carbonyl (C=O) groups excluding carboxylic acids is 1. The van der Waals surface area contributed by atoms with Gasteiger partial charge in [0.15, 0.2) is 0 Å². The molecule has 1 aromatic rings. The monoisotopic (exact) mass is 282 g/mol. The maximum Gasteiger partial charge on any atom is 0.220 e. The lowest BCUT2D eigenvalue weighted by molar-refractivity contribution is -0.121. The summed E-state index contributed by atoms with van der Waals surface area (Å²) in [5.74, 6) is 0.122. The summed E-state index contributed by atoms with van der Waals surface area (Å²) in [6.07, 6.45) is 5.08. The van der Waals surface area contributed by atoms with Crippen LogP contribution in [0.25, 0.3) is 0 Å². The molecule has 19 heavy (non-hydrogen) atoms. The van der Waals surface area contributed by atoms with Gasteiger partial charge in [0.05, 0.1) is 17.2 Å². The normalized spacial score (nSPS) is 22.6. The van der Waals surface area contributed by atoms with Gasteiger partial charge in [-0.1, -0.05) is 0 Å². The molecule has 1 amide bonds. The Hall–Kier alpha value is -0.940. The van der Waals surface area contributed by atoms with Gasteiger partial charge in [0, 0.05) is 30.5 Å². The number of ether oxygens (including phenoxy) is 1. The molecule has 1 saturated heterocycles. The van der Waals surface area contributed by atoms with Crippen LogP contribution in [-0.4, -0.2) is 29.6 Å². The number of thiazole rings is 1. The van der Waals surface area contributed by atoms with Crippen LogP contribution in [0.4, 0.5) is 0 Å². The Kier molecular flexibility index (Phi) is 5.34. The van der Waals surface area contributed by atoms with E-state index in [0.29, 0.717) is 19.1 Å². The molecule has 0 bridgehead atoms. The summed E-state index contributed by atoms with van der Waals surface area (Å²) >= 11 is 1.65. The third-order valence-electron chi connectivity index (χ3n) is 3.34. The predicted octanol–water partition coefficient (Wildman–Crippen LogP) is 2.46. The van der Waals surface area contributed by atoms with E-state index in [1.165, 1.54) is 0 Å². The summed E-state index contributed by atoms with van der Waals surface area (Å²) in [7, 11) is 0. The molecule has 2 heterocycles. The van der Waals surface area contributed by atoms with E-state index in [1.54, 1.807) is 11.3 Å². The lowest BCUT2D eigenvalue weighted by atomic mass is 10.1. The van der Waals surface area contributed by atoms with Crippen molar-refractivity contribution in [2.24, 2.45) is 0 Å². The van der Waals surface area contributed by atoms with Gasteiger partial charge in [-0.3, -0.25) is 4.79 Å². The minimum atomic E-state index is 0.122. The SMILES string of the molecule is Cc1csc(CCNC(=O)CC[C@H]2CC[C@H](C)O2)n1. The number of hydrogen-bond donors (Lipinski definition) is 1. The first-order chi connectivity index (χ1) is 9.13. The smallest absolute Gasteiger partial charge is 0.220 e. The van der Waals surface area contributed by atoms with Crippen molar-refractivity contribution in [3.8, 4) is 0 Å². The summed E-state index contributed by atoms with van der Waals surface area (Å²) in [6.45, 7) is 4.75. The zero-order chi connectivity index (χ0) is 13.7. The molecule has 4 nitrogen and oxygen atoms in total. The summed E-state index contributed by atoms with van der Waals surface area (Å²) in [4.78, 5) is 16.1. The Balaban J connectivity index is 1.57. The van der Waals surface area contributed by atoms with E-state index >= 15 is 0 Å². The molecular weight excluding hydrogens is 260 g/mol. The Morgan fingerprint density at radius 1 is 1.58 bits per heavy atom. The van der Waals surface area contributed by atoms with E-state index in [1.807, 2.05) is 12.3 Å². The molecule has 0 aliphatic carbocycles. The highest BCUT2D eigenvalue weighted by Crippen LogP contribution is 2.22. The summed E-state index contributed by atoms with van der Waals surface area (Å²) < 4.78 is 5.70. The fourth-order valence-electron chi connectivity index (χ4n) is 2.30. The summed E-state index contributed by atoms with van der Waals surface area (Å²) in [5.41, 5.74) is 1.05. The number of aromatic nitrogens is 1. The average molecular weight is 282 g/mol. The van der Waals surface area contributed by atoms with Gasteiger partial charge < -0.3 is 10.1 Å². The van der Waals surface area contributed by atoms with E-state index < -0.39 is 0 Å². The molecule has 0 spiro atoms. The van der Waals surface area contributed by atoms with Crippen molar-refractivity contribution in [2.75, 3.05) is 6.54 Å². The minimum absolute atomic E-state index is 0.122. The second kappa shape index (κ2) is 7.01. The molecule has 106 valence electrons. The van der Waals surface area contributed by atoms with E-state index in [9.17, 15) is 4.79 Å². The van der Waals surface area contributed by atoms with Crippen LogP contribution in [0, 0.1) is 6.92 Å². The molecule has 1 N–H and O–H groups in total. The van der Waals surface area contributed by atoms with Crippen molar-refractivity contribution in [1.29, 1.82) is 0 Å². The van der Waals surface area contributed by atoms with Gasteiger partial charge in [-0.2, -0.15) is 0 Å². The Bertz CT molecular complexity index is 419. The standard InChI is InChI=1S/C14H22N2O2S/c1-10-9-19-14(16-10)7-8-15-13(17)6-5-12-4-3-11(2)18-12/h9,11-12H,3-8H2,1-2H3,(H,15,17)/t11-,12+/m0/s1. The Morgan fingerprint density at radius 3 is 3.05 bits per heavy atom. The van der Waals surface area contributed by atoms with Crippen LogP contribution in [0.1, 0.15) is 43.3 Å². The third kappa shape index (κ3) is 4.91. The van der Waals surface area contributed by atoms with Crippen LogP contribution in [0.5, 0.6) is 0 Å². The van der Waals surface area contributed by atoms with E-state index in [2.05, 4.69) is 17.2 Å². The Labute approximate surface area is 118 Å². The van der Waals surface area contributed by atoms with Gasteiger partial charge in [0.1, 0.15) is 0 Å². The zero-order valence-electron chi connectivity index (χ0n) is 11.6. The first kappa shape index (κ1) is 14.5. The van der Waals surface area contributed by atoms with Gasteiger partial charge in [0.25, 0.3) is 0 Å². The molecular formula is C14H22N2O2S. The molecule has 0 radical (unpaired) electrons. The highest BCUT2D eigenvalue weighted by Gasteiger charge is 2.21. The molecule has 1 aromatic heterocycles. The highest BCUT2D eigenvalue weighted by molar-refractivity contribution is 7.09. The Morgan fingerprint density at radius 2 is 2.42 bits per heavy atom. The second-order valence-electron chi connectivity index (χ2n) is 5.17. The molecule has 0 saturated carbocycles. The first-order valence-corrected chi connectivity index (χ1v) is 7.84. The highest BCUT2D eigenvalue weighted by atomic mass is 32.1. The minimum Gasteiger partial charge on any atom is -0.375 e. The number of aryl methyl sites for hydroxylation is 1. The topological polar surface area (TPSA) is 51.2 Å². The van der Waals surface area contributed by atoms with Crippen LogP contribution in [0.3, 0.4) is 0 Å². The number of amides is 1. The number of rotatable bonds is 6. The number of hydrogen-bond acceptors (Lipinski definition) is 4. The van der Waals surface area contributed by atoms with Crippen LogP contribution < -0.4 is 5.32 Å². The molecule has 2 rings (SSSR count). The lowest BCUT2D eigenvalue weighted by Gasteiger charge is -2.10. The number of nitrogens with zero attached hydrogens (tertiary/aromatic N) is 1. The average Bonchev–Trinajstić information content (AvgIpc) is 2.96. The van der Waals surface area contributed by atoms with Crippen LogP contribution in [0.2, 0.25) is 0 Å². The fourth-order valence-corrected chi connectivity index (χ4v) is 3.08. The lowest BCUT2D eigenvalue weighted by Crippen LogP contribution is -2.26. The van der Waals surface area contributed by atoms with E-state index in [0.717, 1.165) is 36.4 Å². The molecule has 2 atom stereocenters. The van der Waals surface area contributed by atoms with Crippen LogP contribution in [0.15, 0.2) is 5.38 Å². The van der Waals surface area contributed by atoms with Gasteiger partial charge in [-0.25, -0.2) is 4.98 Å². The van der Waals surface area contributed by atoms with Gasteiger partial charge in [-0.05, 0) is 33.1 Å². The van der Waals surface area contributed by atoms with E-state index in [-0.39, 0.29) is 12.0 Å². The van der Waals surface area contributed by atoms with E-state index in [4.69, 9.17) is 4.74 Å². The zero-order valence-corrected chi connectivity index (χ0v) is 12.5. The van der Waals surface area contributed by atoms with Crippen LogP contribution in [-0.2, 0) is 16.0 Å². The number of nitrogens with one attached hydrogen (secondary N) is 1. The second-order valence-corrected chi connectivity index (χ2v) is 6.11. The van der Waals surface area contributed by atoms with Crippen molar-refractivity contribution in [1.82, 2.24) is 10.3 Å². The van der Waals surface area contributed by atoms with Crippen molar-refractivity contribution < 1.29 is 9.53 Å². The first-order valence-electron chi connectivity index (χ1n) is 6.96. The van der Waals surface area contributed by atoms with Gasteiger partial charge in [-0.15, -0.1) is 11.3 Å². The number of carbonyl (C=O) groups is 1. The van der Waals surface area contributed by atoms with Crippen molar-refractivity contribution >= 4 is 17.2 Å². The molecule has 1 aliphatic rings. The largest absolute Gasteiger partial charge is 0.375 e. The summed E-state index contributed by atoms with van der Waals surface area (Å²) in [6, 6.07) is 0. The van der Waals surface area contributed by atoms with Gasteiger partial charge in [0.2, 0.25) is 5.91 Å². The molecule has 0 aromatic carbocycles. The molecule has 5 heteroatoms. The maximum absolute atomic E-state index is 11.7. The van der Waals surface area contributed by atoms with Crippen molar-refractivity contribution in [3.63, 3.8) is 0 Å². The van der Waals surface area contributed by atoms with Crippen molar-refractivity contribution in [2.45, 2.75) is 58.2 Å². The third-order valence-corrected chi connectivity index (χ3v) is 4.37. The fraction of sp³-hybridized carbons (Fsp3) is 0.714. The summed E-state index contributed by atoms with van der Waals surface area (Å²) in [5, 5.41) is 6.07. The molecule has 0 unspecified atom stereocenters. The molecule has 1 aliphatic heterocycles. The van der Waals surface area contributed by atoms with Gasteiger partial charge >= 0.3 is 0 Å². The molecule has 1 fully saturated rings. The maximum atomic E-state index is 11.7. The quantitative estimate of drug-likeness (QED) is 0.872. The predicted molar refractivity (Wildman–Crippen MR) is 76.4 cm³/mol. The van der Waals surface area contributed by atoms with Crippen LogP contribution >= 0.6 is 11.3 Å².